The maximum Gasteiger partial charge on any atom is 0.237 e. The highest BCUT2D eigenvalue weighted by atomic mass is 16.2. The summed E-state index contributed by atoms with van der Waals surface area (Å²) in [6.07, 6.45) is 1.94. The molecule has 1 saturated heterocycles. The van der Waals surface area contributed by atoms with Gasteiger partial charge < -0.3 is 5.32 Å². The zero-order valence-electron chi connectivity index (χ0n) is 9.70. The molecule has 1 heterocycles. The van der Waals surface area contributed by atoms with Gasteiger partial charge in [-0.15, -0.1) is 0 Å². The fourth-order valence-electron chi connectivity index (χ4n) is 1.81. The Kier molecular flexibility index (Phi) is 4.17. The van der Waals surface area contributed by atoms with Crippen LogP contribution in [0.15, 0.2) is 30.3 Å². The lowest BCUT2D eigenvalue weighted by molar-refractivity contribution is -0.124. The first kappa shape index (κ1) is 11.7. The molecule has 1 amide bonds. The van der Waals surface area contributed by atoms with E-state index in [0.717, 1.165) is 24.9 Å². The quantitative estimate of drug-likeness (QED) is 0.739. The summed E-state index contributed by atoms with van der Waals surface area (Å²) >= 11 is 0. The molecule has 0 saturated carbocycles. The van der Waals surface area contributed by atoms with E-state index < -0.39 is 0 Å². The number of hydrogen-bond acceptors (Lipinski definition) is 2. The number of hydrogen-bond donors (Lipinski definition) is 2. The van der Waals surface area contributed by atoms with Crippen LogP contribution in [0, 0.1) is 11.8 Å². The number of carbonyl (C=O) groups excluding carboxylic acids is 1. The van der Waals surface area contributed by atoms with Crippen molar-refractivity contribution in [3.63, 3.8) is 0 Å². The predicted molar refractivity (Wildman–Crippen MR) is 67.4 cm³/mol. The predicted octanol–water partition coefficient (Wildman–Crippen LogP) is 0.906. The molecule has 3 heteroatoms. The van der Waals surface area contributed by atoms with Crippen LogP contribution in [0.5, 0.6) is 0 Å². The van der Waals surface area contributed by atoms with E-state index in [1.54, 1.807) is 0 Å². The topological polar surface area (TPSA) is 41.1 Å². The Balaban J connectivity index is 1.79. The van der Waals surface area contributed by atoms with Gasteiger partial charge in [0.25, 0.3) is 0 Å². The highest BCUT2D eigenvalue weighted by molar-refractivity contribution is 5.82. The molecule has 17 heavy (non-hydrogen) atoms. The summed E-state index contributed by atoms with van der Waals surface area (Å²) in [5.74, 6) is 6.18. The third kappa shape index (κ3) is 3.61. The Labute approximate surface area is 102 Å². The third-order valence-corrected chi connectivity index (χ3v) is 2.73. The van der Waals surface area contributed by atoms with Gasteiger partial charge in [-0.05, 0) is 25.0 Å². The maximum absolute atomic E-state index is 11.4. The van der Waals surface area contributed by atoms with Gasteiger partial charge >= 0.3 is 0 Å². The molecule has 0 radical (unpaired) electrons. The molecule has 88 valence electrons. The molecule has 3 nitrogen and oxygen atoms in total. The van der Waals surface area contributed by atoms with Gasteiger partial charge in [0, 0.05) is 12.1 Å². The van der Waals surface area contributed by atoms with Crippen LogP contribution in [0.25, 0.3) is 0 Å². The SMILES string of the molecule is O=C1NCCCC1NCC#Cc1ccccc1. The van der Waals surface area contributed by atoms with E-state index in [1.165, 1.54) is 0 Å². The first-order chi connectivity index (χ1) is 8.36. The summed E-state index contributed by atoms with van der Waals surface area (Å²) in [7, 11) is 0. The summed E-state index contributed by atoms with van der Waals surface area (Å²) in [5.41, 5.74) is 1.00. The average Bonchev–Trinajstić information content (AvgIpc) is 2.38. The molecule has 2 N–H and O–H groups in total. The van der Waals surface area contributed by atoms with Crippen molar-refractivity contribution in [1.29, 1.82) is 0 Å². The van der Waals surface area contributed by atoms with E-state index >= 15 is 0 Å². The van der Waals surface area contributed by atoms with Gasteiger partial charge in [-0.1, -0.05) is 30.0 Å². The fraction of sp³-hybridized carbons (Fsp3) is 0.357. The molecule has 0 aliphatic carbocycles. The zero-order chi connectivity index (χ0) is 11.9. The molecule has 0 spiro atoms. The van der Waals surface area contributed by atoms with Crippen molar-refractivity contribution in [2.45, 2.75) is 18.9 Å². The Morgan fingerprint density at radius 1 is 1.35 bits per heavy atom. The molecule has 2 rings (SSSR count). The average molecular weight is 228 g/mol. The van der Waals surface area contributed by atoms with Crippen molar-refractivity contribution in [2.24, 2.45) is 0 Å². The molecule has 0 aromatic heterocycles. The van der Waals surface area contributed by atoms with Crippen LogP contribution in [-0.4, -0.2) is 25.0 Å². The van der Waals surface area contributed by atoms with Gasteiger partial charge in [0.15, 0.2) is 0 Å². The van der Waals surface area contributed by atoms with Gasteiger partial charge in [0.05, 0.1) is 12.6 Å². The van der Waals surface area contributed by atoms with Crippen LogP contribution in [0.4, 0.5) is 0 Å². The Morgan fingerprint density at radius 3 is 2.94 bits per heavy atom. The first-order valence-corrected chi connectivity index (χ1v) is 5.91. The summed E-state index contributed by atoms with van der Waals surface area (Å²) in [6, 6.07) is 9.77. The number of amides is 1. The van der Waals surface area contributed by atoms with Crippen LogP contribution >= 0.6 is 0 Å². The second-order valence-corrected chi connectivity index (χ2v) is 4.03. The minimum atomic E-state index is -0.0752. The number of carbonyl (C=O) groups is 1. The summed E-state index contributed by atoms with van der Waals surface area (Å²) in [4.78, 5) is 11.4. The van der Waals surface area contributed by atoms with Gasteiger partial charge in [-0.2, -0.15) is 0 Å². The molecule has 1 unspecified atom stereocenters. The lowest BCUT2D eigenvalue weighted by atomic mass is 10.1. The van der Waals surface area contributed by atoms with Crippen molar-refractivity contribution in [3.8, 4) is 11.8 Å². The number of nitrogens with one attached hydrogen (secondary N) is 2. The largest absolute Gasteiger partial charge is 0.355 e. The Hall–Kier alpha value is -1.79. The zero-order valence-corrected chi connectivity index (χ0v) is 9.70. The van der Waals surface area contributed by atoms with Crippen molar-refractivity contribution in [3.05, 3.63) is 35.9 Å². The molecule has 1 atom stereocenters. The highest BCUT2D eigenvalue weighted by Gasteiger charge is 2.20. The normalized spacial score (nSPS) is 19.1. The third-order valence-electron chi connectivity index (χ3n) is 2.73. The van der Waals surface area contributed by atoms with Crippen LogP contribution in [0.3, 0.4) is 0 Å². The number of benzene rings is 1. The first-order valence-electron chi connectivity index (χ1n) is 5.91. The lowest BCUT2D eigenvalue weighted by Crippen LogP contribution is -2.48. The number of piperidine rings is 1. The van der Waals surface area contributed by atoms with Gasteiger partial charge in [-0.25, -0.2) is 0 Å². The summed E-state index contributed by atoms with van der Waals surface area (Å²) in [6.45, 7) is 1.35. The van der Waals surface area contributed by atoms with Gasteiger partial charge in [0.2, 0.25) is 5.91 Å². The Bertz CT molecular complexity index is 431. The molecule has 1 aromatic carbocycles. The van der Waals surface area contributed by atoms with Crippen LogP contribution in [-0.2, 0) is 4.79 Å². The van der Waals surface area contributed by atoms with E-state index in [0.29, 0.717) is 6.54 Å². The van der Waals surface area contributed by atoms with E-state index in [4.69, 9.17) is 0 Å². The minimum Gasteiger partial charge on any atom is -0.355 e. The van der Waals surface area contributed by atoms with Crippen LogP contribution in [0.1, 0.15) is 18.4 Å². The van der Waals surface area contributed by atoms with Crippen molar-refractivity contribution in [2.75, 3.05) is 13.1 Å². The van der Waals surface area contributed by atoms with E-state index in [2.05, 4.69) is 22.5 Å². The maximum atomic E-state index is 11.4. The summed E-state index contributed by atoms with van der Waals surface area (Å²) < 4.78 is 0. The highest BCUT2D eigenvalue weighted by Crippen LogP contribution is 2.01. The van der Waals surface area contributed by atoms with Crippen molar-refractivity contribution in [1.82, 2.24) is 10.6 Å². The van der Waals surface area contributed by atoms with Crippen molar-refractivity contribution >= 4 is 5.91 Å². The van der Waals surface area contributed by atoms with Gasteiger partial charge in [0.1, 0.15) is 0 Å². The molecule has 1 aromatic rings. The second kappa shape index (κ2) is 6.07. The molecule has 0 bridgehead atoms. The van der Waals surface area contributed by atoms with E-state index in [1.807, 2.05) is 30.3 Å². The Morgan fingerprint density at radius 2 is 2.18 bits per heavy atom. The minimum absolute atomic E-state index is 0.0752. The monoisotopic (exact) mass is 228 g/mol. The van der Waals surface area contributed by atoms with Crippen LogP contribution < -0.4 is 10.6 Å². The van der Waals surface area contributed by atoms with Gasteiger partial charge in [-0.3, -0.25) is 10.1 Å². The molecule has 1 fully saturated rings. The molecular weight excluding hydrogens is 212 g/mol. The standard InChI is InChI=1S/C14H16N2O/c17-14-13(9-5-11-16-14)15-10-4-8-12-6-2-1-3-7-12/h1-3,6-7,13,15H,5,9-11H2,(H,16,17). The molecular formula is C14H16N2O. The van der Waals surface area contributed by atoms with Crippen molar-refractivity contribution < 1.29 is 4.79 Å². The number of rotatable bonds is 2. The molecule has 1 aliphatic heterocycles. The lowest BCUT2D eigenvalue weighted by Gasteiger charge is -2.21. The van der Waals surface area contributed by atoms with E-state index in [-0.39, 0.29) is 11.9 Å². The smallest absolute Gasteiger partial charge is 0.237 e. The second-order valence-electron chi connectivity index (χ2n) is 4.03. The van der Waals surface area contributed by atoms with E-state index in [9.17, 15) is 4.79 Å². The summed E-state index contributed by atoms with van der Waals surface area (Å²) in [5, 5.41) is 6.00. The fourth-order valence-corrected chi connectivity index (χ4v) is 1.81. The van der Waals surface area contributed by atoms with Crippen LogP contribution in [0.2, 0.25) is 0 Å². The molecule has 1 aliphatic rings.